The molecule has 0 aliphatic rings. The van der Waals surface area contributed by atoms with E-state index < -0.39 is 16.7 Å². The Morgan fingerprint density at radius 3 is 2.22 bits per heavy atom. The summed E-state index contributed by atoms with van der Waals surface area (Å²) < 4.78 is 5.13. The predicted octanol–water partition coefficient (Wildman–Crippen LogP) is 5.30. The molecular formula is C29H25ClN6O5. The van der Waals surface area contributed by atoms with Gasteiger partial charge in [0.15, 0.2) is 0 Å². The number of nitrogens with zero attached hydrogens (tertiary/aromatic N) is 4. The van der Waals surface area contributed by atoms with Gasteiger partial charge in [-0.15, -0.1) is 0 Å². The van der Waals surface area contributed by atoms with Gasteiger partial charge in [-0.25, -0.2) is 0 Å². The van der Waals surface area contributed by atoms with Crippen LogP contribution in [0.5, 0.6) is 5.75 Å². The molecule has 3 rings (SSSR count). The monoisotopic (exact) mass is 572 g/mol. The minimum absolute atomic E-state index is 0.0257. The molecule has 12 heteroatoms. The van der Waals surface area contributed by atoms with Crippen molar-refractivity contribution < 1.29 is 19.2 Å². The molecule has 208 valence electrons. The summed E-state index contributed by atoms with van der Waals surface area (Å²) in [4.78, 5) is 38.8. The van der Waals surface area contributed by atoms with Crippen LogP contribution < -0.4 is 20.3 Å². The zero-order chi connectivity index (χ0) is 29.8. The Kier molecular flexibility index (Phi) is 10.8. The Balaban J connectivity index is 1.93. The number of nitro groups is 1. The number of halogens is 1. The summed E-state index contributed by atoms with van der Waals surface area (Å²) in [6, 6.07) is 21.2. The van der Waals surface area contributed by atoms with Gasteiger partial charge in [-0.05, 0) is 54.1 Å². The summed E-state index contributed by atoms with van der Waals surface area (Å²) >= 11 is 6.14. The van der Waals surface area contributed by atoms with Crippen molar-refractivity contribution in [1.82, 2.24) is 5.32 Å². The Morgan fingerprint density at radius 2 is 1.66 bits per heavy atom. The molecule has 0 fully saturated rings. The summed E-state index contributed by atoms with van der Waals surface area (Å²) in [5.41, 5.74) is 1.12. The molecule has 0 aliphatic heterocycles. The van der Waals surface area contributed by atoms with Crippen LogP contribution >= 0.6 is 11.6 Å². The minimum atomic E-state index is -0.814. The van der Waals surface area contributed by atoms with Crippen molar-refractivity contribution in [3.63, 3.8) is 0 Å². The summed E-state index contributed by atoms with van der Waals surface area (Å²) in [6.07, 6.45) is 2.02. The highest BCUT2D eigenvalue weighted by molar-refractivity contribution is 6.34. The quantitative estimate of drug-likeness (QED) is 0.168. The first kappa shape index (κ1) is 30.2. The van der Waals surface area contributed by atoms with E-state index in [0.29, 0.717) is 30.1 Å². The Labute approximate surface area is 241 Å². The van der Waals surface area contributed by atoms with Crippen molar-refractivity contribution in [3.8, 4) is 17.9 Å². The minimum Gasteiger partial charge on any atom is -0.497 e. The van der Waals surface area contributed by atoms with Gasteiger partial charge in [-0.2, -0.15) is 10.5 Å². The number of hydrogen-bond acceptors (Lipinski definition) is 8. The summed E-state index contributed by atoms with van der Waals surface area (Å²) in [5, 5.41) is 34.3. The maximum Gasteiger partial charge on any atom is 0.272 e. The molecule has 0 saturated carbocycles. The molecule has 0 atom stereocenters. The maximum atomic E-state index is 13.3. The Bertz CT molecular complexity index is 1510. The fourth-order valence-corrected chi connectivity index (χ4v) is 3.91. The maximum absolute atomic E-state index is 13.3. The third-order valence-electron chi connectivity index (χ3n) is 5.80. The topological polar surface area (TPSA) is 161 Å². The molecule has 0 aliphatic carbocycles. The summed E-state index contributed by atoms with van der Waals surface area (Å²) in [5.74, 6) is -0.879. The van der Waals surface area contributed by atoms with Crippen molar-refractivity contribution in [1.29, 1.82) is 10.5 Å². The normalized spacial score (nSPS) is 10.6. The third kappa shape index (κ3) is 8.55. The van der Waals surface area contributed by atoms with Crippen LogP contribution in [0.15, 0.2) is 72.4 Å². The Hall–Kier alpha value is -5.39. The number of nitriles is 2. The number of hydrogen-bond donors (Lipinski definition) is 2. The molecule has 0 radical (unpaired) electrons. The van der Waals surface area contributed by atoms with E-state index in [-0.39, 0.29) is 34.8 Å². The number of nitrogens with one attached hydrogen (secondary N) is 2. The van der Waals surface area contributed by atoms with Gasteiger partial charge >= 0.3 is 0 Å². The number of non-ortho nitro benzene ring substituents is 1. The van der Waals surface area contributed by atoms with Crippen LogP contribution in [0.2, 0.25) is 5.02 Å². The lowest BCUT2D eigenvalue weighted by Gasteiger charge is -2.22. The highest BCUT2D eigenvalue weighted by atomic mass is 35.5. The van der Waals surface area contributed by atoms with Crippen LogP contribution in [0.4, 0.5) is 17.1 Å². The molecule has 0 heterocycles. The van der Waals surface area contributed by atoms with Crippen molar-refractivity contribution >= 4 is 46.6 Å². The number of anilines is 2. The number of methoxy groups -OCH3 is 1. The molecule has 0 saturated heterocycles. The standard InChI is InChI=1S/C29H25ClN6O5/c1-41-24-11-6-21(7-12-24)33-29(38)27(34-28(37)25-19-23(36(39)40)10-13-26(25)30)18-20-4-8-22(9-5-20)35(16-2-14-31)17-3-15-32/h4-13,18-19H,2-3,16-17H2,1H3,(H,33,38)(H,34,37)/b27-18+. The van der Waals surface area contributed by atoms with Gasteiger partial charge in [-0.3, -0.25) is 19.7 Å². The molecule has 2 N–H and O–H groups in total. The molecule has 2 amide bonds. The molecule has 0 unspecified atom stereocenters. The van der Waals surface area contributed by atoms with E-state index in [1.54, 1.807) is 48.5 Å². The second-order valence-corrected chi connectivity index (χ2v) is 8.92. The number of benzene rings is 3. The van der Waals surface area contributed by atoms with E-state index in [9.17, 15) is 19.7 Å². The molecule has 3 aromatic carbocycles. The molecule has 0 aromatic heterocycles. The first-order chi connectivity index (χ1) is 19.7. The second kappa shape index (κ2) is 14.7. The van der Waals surface area contributed by atoms with Gasteiger partial charge in [0, 0.05) is 36.6 Å². The predicted molar refractivity (Wildman–Crippen MR) is 154 cm³/mol. The molecular weight excluding hydrogens is 548 g/mol. The molecule has 11 nitrogen and oxygen atoms in total. The van der Waals surface area contributed by atoms with Gasteiger partial charge in [0.2, 0.25) is 0 Å². The van der Waals surface area contributed by atoms with Gasteiger partial charge in [0.05, 0.1) is 47.6 Å². The van der Waals surface area contributed by atoms with Crippen molar-refractivity contribution in [2.75, 3.05) is 30.4 Å². The van der Waals surface area contributed by atoms with E-state index in [0.717, 1.165) is 11.8 Å². The first-order valence-electron chi connectivity index (χ1n) is 12.3. The van der Waals surface area contributed by atoms with Crippen molar-refractivity contribution in [2.24, 2.45) is 0 Å². The van der Waals surface area contributed by atoms with Gasteiger partial charge in [0.1, 0.15) is 11.4 Å². The van der Waals surface area contributed by atoms with Crippen LogP contribution in [0.1, 0.15) is 28.8 Å². The van der Waals surface area contributed by atoms with Gasteiger partial charge in [-0.1, -0.05) is 23.7 Å². The zero-order valence-corrected chi connectivity index (χ0v) is 22.7. The second-order valence-electron chi connectivity index (χ2n) is 8.51. The average molecular weight is 573 g/mol. The fraction of sp³-hybridized carbons (Fsp3) is 0.172. The largest absolute Gasteiger partial charge is 0.497 e. The van der Waals surface area contributed by atoms with Crippen LogP contribution in [0.3, 0.4) is 0 Å². The number of nitro benzene ring substituents is 1. The van der Waals surface area contributed by atoms with Crippen LogP contribution in [-0.4, -0.2) is 36.9 Å². The van der Waals surface area contributed by atoms with Crippen LogP contribution in [-0.2, 0) is 4.79 Å². The lowest BCUT2D eigenvalue weighted by molar-refractivity contribution is -0.384. The first-order valence-corrected chi connectivity index (χ1v) is 12.6. The number of carbonyl (C=O) groups is 2. The highest BCUT2D eigenvalue weighted by Crippen LogP contribution is 2.23. The summed E-state index contributed by atoms with van der Waals surface area (Å²) in [7, 11) is 1.51. The fourth-order valence-electron chi connectivity index (χ4n) is 3.71. The van der Waals surface area contributed by atoms with E-state index in [1.807, 2.05) is 4.90 Å². The van der Waals surface area contributed by atoms with Crippen molar-refractivity contribution in [3.05, 3.63) is 98.7 Å². The van der Waals surface area contributed by atoms with Crippen LogP contribution in [0, 0.1) is 32.8 Å². The SMILES string of the molecule is COc1ccc(NC(=O)/C(=C\c2ccc(N(CCC#N)CCC#N)cc2)NC(=O)c2cc([N+](=O)[O-])ccc2Cl)cc1. The molecule has 41 heavy (non-hydrogen) atoms. The highest BCUT2D eigenvalue weighted by Gasteiger charge is 2.20. The van der Waals surface area contributed by atoms with E-state index in [4.69, 9.17) is 26.9 Å². The zero-order valence-electron chi connectivity index (χ0n) is 22.0. The van der Waals surface area contributed by atoms with E-state index in [2.05, 4.69) is 22.8 Å². The van der Waals surface area contributed by atoms with Crippen LogP contribution in [0.25, 0.3) is 6.08 Å². The van der Waals surface area contributed by atoms with Gasteiger partial charge in [0.25, 0.3) is 17.5 Å². The number of carbonyl (C=O) groups excluding carboxylic acids is 2. The molecule has 3 aromatic rings. The molecule has 0 spiro atoms. The Morgan fingerprint density at radius 1 is 1.02 bits per heavy atom. The van der Waals surface area contributed by atoms with Gasteiger partial charge < -0.3 is 20.3 Å². The van der Waals surface area contributed by atoms with E-state index in [1.165, 1.54) is 25.3 Å². The lowest BCUT2D eigenvalue weighted by Crippen LogP contribution is -2.31. The van der Waals surface area contributed by atoms with E-state index >= 15 is 0 Å². The summed E-state index contributed by atoms with van der Waals surface area (Å²) in [6.45, 7) is 0.895. The lowest BCUT2D eigenvalue weighted by atomic mass is 10.1. The molecule has 0 bridgehead atoms. The third-order valence-corrected chi connectivity index (χ3v) is 6.13. The number of rotatable bonds is 12. The van der Waals surface area contributed by atoms with Crippen molar-refractivity contribution in [2.45, 2.75) is 12.8 Å². The smallest absolute Gasteiger partial charge is 0.272 e. The number of ether oxygens (including phenoxy) is 1. The number of amides is 2. The average Bonchev–Trinajstić information content (AvgIpc) is 2.97.